The Morgan fingerprint density at radius 1 is 1.18 bits per heavy atom. The maximum atomic E-state index is 14.9. The fourth-order valence-corrected chi connectivity index (χ4v) is 5.92. The summed E-state index contributed by atoms with van der Waals surface area (Å²) in [4.78, 5) is 23.2. The number of amides is 1. The van der Waals surface area contributed by atoms with Crippen LogP contribution in [0.1, 0.15) is 93.5 Å². The minimum absolute atomic E-state index is 0.0406. The zero-order valence-corrected chi connectivity index (χ0v) is 23.9. The summed E-state index contributed by atoms with van der Waals surface area (Å²) in [5.41, 5.74) is 6.08. The second-order valence-corrected chi connectivity index (χ2v) is 11.7. The molecule has 1 amide bonds. The third-order valence-corrected chi connectivity index (χ3v) is 7.84. The Kier molecular flexibility index (Phi) is 7.61. The summed E-state index contributed by atoms with van der Waals surface area (Å²) >= 11 is 0. The van der Waals surface area contributed by atoms with Crippen LogP contribution in [0.4, 0.5) is 10.3 Å². The van der Waals surface area contributed by atoms with Gasteiger partial charge in [-0.05, 0) is 81.5 Å². The number of rotatable bonds is 3. The van der Waals surface area contributed by atoms with E-state index in [0.717, 1.165) is 59.5 Å². The standard InChI is InChI=1S/C32H39FN4O2/c1-7-30-25(10-18(2)3)27-13-23(11-20(6)34-27)31(38)36-32-35-28-15-26(33)24(19(4)5)14-29(28)37(32)16-21-8-9-22(12-21)17-39-30/h10-11,13-15,19,21-22H,7-9,12,16-17H2,1-6H3,(H,35,36,38)/b30-25-. The van der Waals surface area contributed by atoms with Crippen LogP contribution in [0.5, 0.6) is 0 Å². The smallest absolute Gasteiger partial charge is 0.258 e. The van der Waals surface area contributed by atoms with Crippen molar-refractivity contribution in [2.24, 2.45) is 11.8 Å². The maximum absolute atomic E-state index is 14.9. The molecule has 2 atom stereocenters. The minimum atomic E-state index is -0.266. The third kappa shape index (κ3) is 5.63. The number of ether oxygens (including phenoxy) is 1. The number of allylic oxidation sites excluding steroid dienone is 4. The van der Waals surface area contributed by atoms with Gasteiger partial charge in [-0.15, -0.1) is 0 Å². The van der Waals surface area contributed by atoms with Crippen molar-refractivity contribution in [3.05, 3.63) is 70.0 Å². The largest absolute Gasteiger partial charge is 0.497 e. The summed E-state index contributed by atoms with van der Waals surface area (Å²) in [6.45, 7) is 13.5. The number of halogens is 1. The van der Waals surface area contributed by atoms with Crippen LogP contribution in [0, 0.1) is 24.6 Å². The predicted octanol–water partition coefficient (Wildman–Crippen LogP) is 7.79. The monoisotopic (exact) mass is 530 g/mol. The van der Waals surface area contributed by atoms with E-state index in [1.165, 1.54) is 6.07 Å². The number of nitrogens with one attached hydrogen (secondary N) is 1. The van der Waals surface area contributed by atoms with E-state index in [-0.39, 0.29) is 17.6 Å². The summed E-state index contributed by atoms with van der Waals surface area (Å²) < 4.78 is 23.5. The number of anilines is 1. The maximum Gasteiger partial charge on any atom is 0.258 e. The quantitative estimate of drug-likeness (QED) is 0.375. The van der Waals surface area contributed by atoms with Crippen LogP contribution < -0.4 is 5.32 Å². The first-order valence-electron chi connectivity index (χ1n) is 14.1. The van der Waals surface area contributed by atoms with Crippen LogP contribution in [-0.2, 0) is 11.3 Å². The number of fused-ring (bicyclic) bond motifs is 7. The predicted molar refractivity (Wildman–Crippen MR) is 154 cm³/mol. The lowest BCUT2D eigenvalue weighted by molar-refractivity contribution is 0.102. The highest BCUT2D eigenvalue weighted by Gasteiger charge is 2.29. The highest BCUT2D eigenvalue weighted by atomic mass is 19.1. The number of aromatic nitrogens is 3. The molecule has 1 aliphatic carbocycles. The molecule has 4 bridgehead atoms. The Balaban J connectivity index is 1.67. The van der Waals surface area contributed by atoms with Crippen LogP contribution >= 0.6 is 0 Å². The number of hydrogen-bond donors (Lipinski definition) is 1. The molecule has 1 saturated carbocycles. The highest BCUT2D eigenvalue weighted by Crippen LogP contribution is 2.36. The molecule has 1 N–H and O–H groups in total. The van der Waals surface area contributed by atoms with Crippen molar-refractivity contribution in [3.63, 3.8) is 0 Å². The van der Waals surface area contributed by atoms with Crippen LogP contribution in [-0.4, -0.2) is 27.0 Å². The zero-order valence-electron chi connectivity index (χ0n) is 23.9. The van der Waals surface area contributed by atoms with Crippen LogP contribution in [0.15, 0.2) is 41.7 Å². The van der Waals surface area contributed by atoms with Crippen LogP contribution in [0.25, 0.3) is 16.6 Å². The molecule has 5 rings (SSSR count). The van der Waals surface area contributed by atoms with Crippen LogP contribution in [0.3, 0.4) is 0 Å². The van der Waals surface area contributed by atoms with Gasteiger partial charge < -0.3 is 9.30 Å². The SMILES string of the molecule is CC/C1=C(\C=C(C)C)c2cc(cc(C)n2)C(=O)Nc2nc3cc(F)c(C(C)C)cc3n2CC2CCC(CO1)C2. The second kappa shape index (κ2) is 10.9. The molecular weight excluding hydrogens is 491 g/mol. The first kappa shape index (κ1) is 27.1. The molecule has 39 heavy (non-hydrogen) atoms. The molecule has 0 saturated heterocycles. The Hall–Kier alpha value is -3.48. The van der Waals surface area contributed by atoms with Crippen molar-refractivity contribution < 1.29 is 13.9 Å². The summed E-state index contributed by atoms with van der Waals surface area (Å²) in [5.74, 6) is 1.74. The molecule has 2 aromatic heterocycles. The molecule has 3 heterocycles. The summed E-state index contributed by atoms with van der Waals surface area (Å²) in [6, 6.07) is 7.01. The van der Waals surface area contributed by atoms with Gasteiger partial charge in [0.25, 0.3) is 5.91 Å². The first-order valence-corrected chi connectivity index (χ1v) is 14.1. The van der Waals surface area contributed by atoms with Gasteiger partial charge in [0.05, 0.1) is 23.3 Å². The van der Waals surface area contributed by atoms with Crippen molar-refractivity contribution >= 4 is 28.5 Å². The van der Waals surface area contributed by atoms with E-state index < -0.39 is 0 Å². The number of hydrogen-bond acceptors (Lipinski definition) is 4. The molecule has 1 fully saturated rings. The van der Waals surface area contributed by atoms with Gasteiger partial charge >= 0.3 is 0 Å². The minimum Gasteiger partial charge on any atom is -0.497 e. The average molecular weight is 531 g/mol. The molecule has 7 heteroatoms. The lowest BCUT2D eigenvalue weighted by Crippen LogP contribution is -2.18. The molecule has 1 aromatic carbocycles. The number of imidazole rings is 1. The molecule has 0 spiro atoms. The Morgan fingerprint density at radius 3 is 2.67 bits per heavy atom. The summed E-state index contributed by atoms with van der Waals surface area (Å²) in [6.07, 6.45) is 6.03. The van der Waals surface area contributed by atoms with Crippen molar-refractivity contribution in [2.75, 3.05) is 11.9 Å². The van der Waals surface area contributed by atoms with Crippen LogP contribution in [0.2, 0.25) is 0 Å². The third-order valence-electron chi connectivity index (χ3n) is 7.84. The van der Waals surface area contributed by atoms with E-state index in [0.29, 0.717) is 47.6 Å². The first-order chi connectivity index (χ1) is 18.6. The number of carbonyl (C=O) groups excluding carboxylic acids is 1. The van der Waals surface area contributed by atoms with Gasteiger partial charge in [0.15, 0.2) is 0 Å². The zero-order chi connectivity index (χ0) is 27.8. The fraction of sp³-hybridized carbons (Fsp3) is 0.469. The van der Waals surface area contributed by atoms with E-state index in [2.05, 4.69) is 36.7 Å². The van der Waals surface area contributed by atoms with E-state index in [1.54, 1.807) is 6.07 Å². The Bertz CT molecular complexity index is 1480. The van der Waals surface area contributed by atoms with E-state index >= 15 is 0 Å². The normalized spacial score (nSPS) is 21.7. The number of nitrogens with zero attached hydrogens (tertiary/aromatic N) is 3. The number of aryl methyl sites for hydroxylation is 1. The molecule has 1 aliphatic heterocycles. The number of benzene rings is 1. The molecule has 2 aliphatic rings. The highest BCUT2D eigenvalue weighted by molar-refractivity contribution is 6.04. The topological polar surface area (TPSA) is 69.0 Å². The van der Waals surface area contributed by atoms with E-state index in [1.807, 2.05) is 32.9 Å². The number of carbonyl (C=O) groups is 1. The second-order valence-electron chi connectivity index (χ2n) is 11.7. The van der Waals surface area contributed by atoms with Crippen molar-refractivity contribution in [1.82, 2.24) is 14.5 Å². The Labute approximate surface area is 230 Å². The van der Waals surface area contributed by atoms with Crippen molar-refractivity contribution in [3.8, 4) is 0 Å². The lowest BCUT2D eigenvalue weighted by atomic mass is 10.0. The fourth-order valence-electron chi connectivity index (χ4n) is 5.92. The number of pyridine rings is 1. The summed E-state index contributed by atoms with van der Waals surface area (Å²) in [5, 5.41) is 3.06. The average Bonchev–Trinajstić information content (AvgIpc) is 3.45. The van der Waals surface area contributed by atoms with Gasteiger partial charge in [-0.2, -0.15) is 0 Å². The van der Waals surface area contributed by atoms with Gasteiger partial charge in [-0.1, -0.05) is 32.4 Å². The molecule has 6 nitrogen and oxygen atoms in total. The van der Waals surface area contributed by atoms with E-state index in [9.17, 15) is 9.18 Å². The Morgan fingerprint density at radius 2 is 1.95 bits per heavy atom. The van der Waals surface area contributed by atoms with Crippen molar-refractivity contribution in [2.45, 2.75) is 79.7 Å². The molecule has 206 valence electrons. The molecular formula is C32H39FN4O2. The molecule has 2 unspecified atom stereocenters. The van der Waals surface area contributed by atoms with E-state index in [4.69, 9.17) is 14.7 Å². The summed E-state index contributed by atoms with van der Waals surface area (Å²) in [7, 11) is 0. The van der Waals surface area contributed by atoms with Gasteiger partial charge in [-0.25, -0.2) is 9.37 Å². The molecule has 3 aromatic rings. The van der Waals surface area contributed by atoms with Crippen molar-refractivity contribution in [1.29, 1.82) is 0 Å². The van der Waals surface area contributed by atoms with Gasteiger partial charge in [-0.3, -0.25) is 15.1 Å². The van der Waals surface area contributed by atoms with Gasteiger partial charge in [0.2, 0.25) is 5.95 Å². The lowest BCUT2D eigenvalue weighted by Gasteiger charge is -2.18. The molecule has 0 radical (unpaired) electrons. The van der Waals surface area contributed by atoms with Gasteiger partial charge in [0.1, 0.15) is 11.6 Å². The van der Waals surface area contributed by atoms with Gasteiger partial charge in [0, 0.05) is 35.9 Å².